The Morgan fingerprint density at radius 1 is 1.37 bits per heavy atom. The number of pyridine rings is 1. The molecule has 0 atom stereocenters. The topological polar surface area (TPSA) is 80.4 Å². The number of nitrogens with one attached hydrogen (secondary N) is 1. The van der Waals surface area contributed by atoms with Gasteiger partial charge in [0.1, 0.15) is 5.03 Å². The number of anilines is 2. The van der Waals surface area contributed by atoms with Crippen LogP contribution in [0.1, 0.15) is 5.56 Å². The average molecular weight is 273 g/mol. The normalized spacial score (nSPS) is 13.4. The van der Waals surface area contributed by atoms with Gasteiger partial charge in [-0.2, -0.15) is 0 Å². The SMILES string of the molecule is Nc1ccc(SNc2ccc3c(c2)B(O)OC3)nc1. The molecule has 4 N–H and O–H groups in total. The molecule has 19 heavy (non-hydrogen) atoms. The van der Waals surface area contributed by atoms with E-state index in [1.165, 1.54) is 11.9 Å². The molecule has 0 amide bonds. The predicted molar refractivity (Wildman–Crippen MR) is 77.0 cm³/mol. The summed E-state index contributed by atoms with van der Waals surface area (Å²) in [6.45, 7) is 0.462. The monoisotopic (exact) mass is 273 g/mol. The molecule has 0 unspecified atom stereocenters. The first-order chi connectivity index (χ1) is 9.22. The van der Waals surface area contributed by atoms with Crippen LogP contribution in [-0.4, -0.2) is 17.1 Å². The summed E-state index contributed by atoms with van der Waals surface area (Å²) in [6.07, 6.45) is 1.62. The number of hydrogen-bond donors (Lipinski definition) is 3. The van der Waals surface area contributed by atoms with Crippen molar-refractivity contribution in [3.05, 3.63) is 42.1 Å². The summed E-state index contributed by atoms with van der Waals surface area (Å²) >= 11 is 1.39. The highest BCUT2D eigenvalue weighted by Crippen LogP contribution is 2.21. The number of hydrogen-bond acceptors (Lipinski definition) is 6. The maximum Gasteiger partial charge on any atom is 0.491 e. The molecule has 1 aliphatic rings. The summed E-state index contributed by atoms with van der Waals surface area (Å²) in [5.74, 6) is 0. The Morgan fingerprint density at radius 3 is 3.05 bits per heavy atom. The average Bonchev–Trinajstić information content (AvgIpc) is 2.80. The van der Waals surface area contributed by atoms with E-state index in [1.54, 1.807) is 12.3 Å². The van der Waals surface area contributed by atoms with Gasteiger partial charge < -0.3 is 20.1 Å². The first kappa shape index (κ1) is 12.3. The van der Waals surface area contributed by atoms with Crippen molar-refractivity contribution in [3.63, 3.8) is 0 Å². The molecule has 3 rings (SSSR count). The predicted octanol–water partition coefficient (Wildman–Crippen LogP) is 1.00. The molecule has 5 nitrogen and oxygen atoms in total. The molecule has 1 aromatic carbocycles. The lowest BCUT2D eigenvalue weighted by atomic mass is 9.79. The van der Waals surface area contributed by atoms with Gasteiger partial charge in [0, 0.05) is 17.6 Å². The fourth-order valence-corrected chi connectivity index (χ4v) is 2.43. The van der Waals surface area contributed by atoms with Crippen LogP contribution in [0.15, 0.2) is 41.6 Å². The van der Waals surface area contributed by atoms with Crippen molar-refractivity contribution in [1.82, 2.24) is 4.98 Å². The van der Waals surface area contributed by atoms with Crippen LogP contribution in [0, 0.1) is 0 Å². The summed E-state index contributed by atoms with van der Waals surface area (Å²) < 4.78 is 8.33. The van der Waals surface area contributed by atoms with Crippen molar-refractivity contribution < 1.29 is 9.68 Å². The highest BCUT2D eigenvalue weighted by Gasteiger charge is 2.27. The van der Waals surface area contributed by atoms with Gasteiger partial charge in [0.05, 0.1) is 18.5 Å². The van der Waals surface area contributed by atoms with Crippen LogP contribution in [-0.2, 0) is 11.3 Å². The van der Waals surface area contributed by atoms with E-state index in [2.05, 4.69) is 9.71 Å². The second-order valence-electron chi connectivity index (χ2n) is 4.21. The smallest absolute Gasteiger partial charge is 0.423 e. The number of rotatable bonds is 3. The van der Waals surface area contributed by atoms with Gasteiger partial charge in [-0.3, -0.25) is 0 Å². The molecule has 0 aliphatic carbocycles. The third kappa shape index (κ3) is 2.68. The summed E-state index contributed by atoms with van der Waals surface area (Å²) in [5, 5.41) is 10.5. The molecule has 0 bridgehead atoms. The third-order valence-corrected chi connectivity index (χ3v) is 3.63. The largest absolute Gasteiger partial charge is 0.491 e. The van der Waals surface area contributed by atoms with E-state index in [-0.39, 0.29) is 0 Å². The maximum atomic E-state index is 9.64. The minimum Gasteiger partial charge on any atom is -0.423 e. The van der Waals surface area contributed by atoms with Crippen molar-refractivity contribution in [3.8, 4) is 0 Å². The molecule has 96 valence electrons. The Kier molecular flexibility index (Phi) is 3.33. The van der Waals surface area contributed by atoms with Gasteiger partial charge in [-0.25, -0.2) is 4.98 Å². The number of nitrogens with zero attached hydrogens (tertiary/aromatic N) is 1. The van der Waals surface area contributed by atoms with Crippen molar-refractivity contribution in [2.24, 2.45) is 0 Å². The lowest BCUT2D eigenvalue weighted by Crippen LogP contribution is -2.28. The minimum atomic E-state index is -0.823. The van der Waals surface area contributed by atoms with Crippen LogP contribution in [0.3, 0.4) is 0 Å². The van der Waals surface area contributed by atoms with Gasteiger partial charge >= 0.3 is 7.12 Å². The van der Waals surface area contributed by atoms with Crippen molar-refractivity contribution in [2.75, 3.05) is 10.5 Å². The molecule has 0 radical (unpaired) electrons. The van der Waals surface area contributed by atoms with Gasteiger partial charge in [-0.15, -0.1) is 0 Å². The van der Waals surface area contributed by atoms with Crippen molar-refractivity contribution in [1.29, 1.82) is 0 Å². The van der Waals surface area contributed by atoms with Gasteiger partial charge in [0.25, 0.3) is 0 Å². The Labute approximate surface area is 115 Å². The molecular formula is C12H12BN3O2S. The Morgan fingerprint density at radius 2 is 2.26 bits per heavy atom. The van der Waals surface area contributed by atoms with Gasteiger partial charge in [0.2, 0.25) is 0 Å². The Balaban J connectivity index is 1.70. The van der Waals surface area contributed by atoms with Crippen LogP contribution in [0.2, 0.25) is 0 Å². The van der Waals surface area contributed by atoms with E-state index in [4.69, 9.17) is 10.4 Å². The number of benzene rings is 1. The second kappa shape index (κ2) is 5.12. The Bertz CT molecular complexity index is 594. The highest BCUT2D eigenvalue weighted by molar-refractivity contribution is 8.00. The lowest BCUT2D eigenvalue weighted by Gasteiger charge is -2.07. The molecular weight excluding hydrogens is 261 g/mol. The highest BCUT2D eigenvalue weighted by atomic mass is 32.2. The lowest BCUT2D eigenvalue weighted by molar-refractivity contribution is 0.275. The Hall–Kier alpha value is -1.70. The molecule has 1 aromatic heterocycles. The molecule has 2 aromatic rings. The van der Waals surface area contributed by atoms with Crippen molar-refractivity contribution in [2.45, 2.75) is 11.6 Å². The molecule has 7 heteroatoms. The first-order valence-electron chi connectivity index (χ1n) is 5.79. The summed E-state index contributed by atoms with van der Waals surface area (Å²) in [6, 6.07) is 9.43. The van der Waals surface area contributed by atoms with E-state index >= 15 is 0 Å². The fraction of sp³-hybridized carbons (Fsp3) is 0.0833. The fourth-order valence-electron chi connectivity index (χ4n) is 1.84. The zero-order chi connectivity index (χ0) is 13.2. The third-order valence-electron chi connectivity index (χ3n) is 2.84. The number of nitrogen functional groups attached to an aromatic ring is 1. The van der Waals surface area contributed by atoms with E-state index in [0.717, 1.165) is 21.7 Å². The number of fused-ring (bicyclic) bond motifs is 1. The number of aromatic nitrogens is 1. The van der Waals surface area contributed by atoms with Crippen LogP contribution in [0.25, 0.3) is 0 Å². The first-order valence-corrected chi connectivity index (χ1v) is 6.61. The maximum absolute atomic E-state index is 9.64. The van der Waals surface area contributed by atoms with E-state index in [9.17, 15) is 5.02 Å². The quantitative estimate of drug-likeness (QED) is 0.572. The molecule has 2 heterocycles. The summed E-state index contributed by atoms with van der Waals surface area (Å²) in [7, 11) is -0.823. The van der Waals surface area contributed by atoms with Crippen LogP contribution in [0.5, 0.6) is 0 Å². The molecule has 0 spiro atoms. The minimum absolute atomic E-state index is 0.462. The second-order valence-corrected chi connectivity index (χ2v) is 5.04. The molecule has 0 saturated carbocycles. The van der Waals surface area contributed by atoms with E-state index < -0.39 is 7.12 Å². The van der Waals surface area contributed by atoms with Crippen LogP contribution in [0.4, 0.5) is 11.4 Å². The summed E-state index contributed by atoms with van der Waals surface area (Å²) in [4.78, 5) is 4.18. The molecule has 0 saturated heterocycles. The standard InChI is InChI=1S/C12H12BN3O2S/c14-9-2-4-12(15-6-9)19-16-10-3-1-8-7-18-13(17)11(8)5-10/h1-6,16-17H,7,14H2. The van der Waals surface area contributed by atoms with Gasteiger partial charge in [-0.05, 0) is 35.3 Å². The molecule has 0 fully saturated rings. The van der Waals surface area contributed by atoms with Crippen LogP contribution >= 0.6 is 11.9 Å². The molecule has 1 aliphatic heterocycles. The van der Waals surface area contributed by atoms with E-state index in [0.29, 0.717) is 12.3 Å². The van der Waals surface area contributed by atoms with Gasteiger partial charge in [0.15, 0.2) is 0 Å². The van der Waals surface area contributed by atoms with Crippen molar-refractivity contribution >= 4 is 35.9 Å². The summed E-state index contributed by atoms with van der Waals surface area (Å²) in [5.41, 5.74) is 8.95. The van der Waals surface area contributed by atoms with Crippen LogP contribution < -0.4 is 15.9 Å². The number of nitrogens with two attached hydrogens (primary N) is 1. The zero-order valence-corrected chi connectivity index (χ0v) is 10.9. The van der Waals surface area contributed by atoms with E-state index in [1.807, 2.05) is 24.3 Å². The van der Waals surface area contributed by atoms with Gasteiger partial charge in [-0.1, -0.05) is 6.07 Å². The zero-order valence-electron chi connectivity index (χ0n) is 10.0.